The molecule has 1 aromatic rings. The van der Waals surface area contributed by atoms with Gasteiger partial charge in [0.15, 0.2) is 5.78 Å². The molecule has 0 saturated heterocycles. The van der Waals surface area contributed by atoms with Crippen molar-refractivity contribution in [2.45, 2.75) is 44.6 Å². The second-order valence-corrected chi connectivity index (χ2v) is 6.45. The summed E-state index contributed by atoms with van der Waals surface area (Å²) < 4.78 is 5.07. The van der Waals surface area contributed by atoms with Crippen LogP contribution in [0, 0.1) is 5.92 Å². The summed E-state index contributed by atoms with van der Waals surface area (Å²) in [6, 6.07) is 7.03. The van der Waals surface area contributed by atoms with E-state index in [1.807, 2.05) is 6.92 Å². The molecule has 0 aliphatic heterocycles. The molecule has 1 aliphatic rings. The molecule has 1 aromatic carbocycles. The summed E-state index contributed by atoms with van der Waals surface area (Å²) in [7, 11) is 1.59. The van der Waals surface area contributed by atoms with E-state index >= 15 is 0 Å². The van der Waals surface area contributed by atoms with E-state index in [-0.39, 0.29) is 29.6 Å². The highest BCUT2D eigenvalue weighted by Gasteiger charge is 2.41. The number of halogens is 1. The van der Waals surface area contributed by atoms with Gasteiger partial charge in [0.25, 0.3) is 0 Å². The number of ketones is 1. The molecule has 24 heavy (non-hydrogen) atoms. The maximum absolute atomic E-state index is 12.1. The molecular weight excluding hydrogens is 328 g/mol. The third-order valence-corrected chi connectivity index (χ3v) is 4.55. The van der Waals surface area contributed by atoms with Gasteiger partial charge in [-0.05, 0) is 56.4 Å². The molecule has 0 bridgehead atoms. The van der Waals surface area contributed by atoms with Crippen molar-refractivity contribution in [2.24, 2.45) is 11.7 Å². The molecule has 1 amide bonds. The molecule has 134 valence electrons. The molecule has 1 atom stereocenters. The number of benzene rings is 1. The van der Waals surface area contributed by atoms with Crippen LogP contribution in [0.2, 0.25) is 0 Å². The largest absolute Gasteiger partial charge is 0.497 e. The van der Waals surface area contributed by atoms with E-state index in [0.29, 0.717) is 37.3 Å². The molecule has 1 saturated carbocycles. The van der Waals surface area contributed by atoms with Crippen molar-refractivity contribution < 1.29 is 14.3 Å². The topological polar surface area (TPSA) is 81.4 Å². The van der Waals surface area contributed by atoms with Crippen LogP contribution in [-0.4, -0.2) is 30.9 Å². The Bertz CT molecular complexity index is 558. The number of ether oxygens (including phenoxy) is 1. The fourth-order valence-electron chi connectivity index (χ4n) is 2.75. The molecule has 0 heterocycles. The Labute approximate surface area is 149 Å². The van der Waals surface area contributed by atoms with Crippen LogP contribution in [0.25, 0.3) is 0 Å². The predicted molar refractivity (Wildman–Crippen MR) is 96.7 cm³/mol. The molecule has 3 N–H and O–H groups in total. The number of carbonyl (C=O) groups excluding carboxylic acids is 2. The molecule has 0 radical (unpaired) electrons. The van der Waals surface area contributed by atoms with Crippen molar-refractivity contribution in [1.82, 2.24) is 5.32 Å². The highest BCUT2D eigenvalue weighted by Crippen LogP contribution is 2.39. The Hall–Kier alpha value is -1.59. The fraction of sp³-hybridized carbons (Fsp3) is 0.556. The van der Waals surface area contributed by atoms with E-state index in [1.54, 1.807) is 31.4 Å². The van der Waals surface area contributed by atoms with Crippen molar-refractivity contribution in [3.8, 4) is 5.75 Å². The van der Waals surface area contributed by atoms with Crippen LogP contribution < -0.4 is 15.8 Å². The normalized spacial score (nSPS) is 15.8. The molecule has 1 aliphatic carbocycles. The fourth-order valence-corrected chi connectivity index (χ4v) is 2.75. The Kier molecular flexibility index (Phi) is 7.70. The number of rotatable bonds is 9. The second kappa shape index (κ2) is 9.04. The lowest BCUT2D eigenvalue weighted by molar-refractivity contribution is -0.123. The summed E-state index contributed by atoms with van der Waals surface area (Å²) >= 11 is 0. The number of methoxy groups -OCH3 is 1. The highest BCUT2D eigenvalue weighted by atomic mass is 35.5. The number of hydrogen-bond donors (Lipinski definition) is 2. The van der Waals surface area contributed by atoms with E-state index in [9.17, 15) is 9.59 Å². The van der Waals surface area contributed by atoms with E-state index in [2.05, 4.69) is 5.32 Å². The van der Waals surface area contributed by atoms with E-state index in [0.717, 1.165) is 18.6 Å². The average molecular weight is 355 g/mol. The minimum Gasteiger partial charge on any atom is -0.497 e. The standard InChI is InChI=1S/C18H26N2O3.ClH/c1-18(12-19,14-8-9-14)20-17(22)5-3-4-16(21)13-6-10-15(23-2)11-7-13;/h6-7,10-11,14H,3-5,8-9,12,19H2,1-2H3,(H,20,22);1H. The van der Waals surface area contributed by atoms with Gasteiger partial charge in [0, 0.05) is 24.9 Å². The van der Waals surface area contributed by atoms with Crippen LogP contribution in [0.1, 0.15) is 49.4 Å². The monoisotopic (exact) mass is 354 g/mol. The van der Waals surface area contributed by atoms with Crippen LogP contribution in [0.4, 0.5) is 0 Å². The van der Waals surface area contributed by atoms with Gasteiger partial charge >= 0.3 is 0 Å². The number of Topliss-reactive ketones (excluding diaryl/α,β-unsaturated/α-hetero) is 1. The van der Waals surface area contributed by atoms with E-state index < -0.39 is 0 Å². The molecule has 5 nitrogen and oxygen atoms in total. The van der Waals surface area contributed by atoms with Crippen molar-refractivity contribution in [2.75, 3.05) is 13.7 Å². The smallest absolute Gasteiger partial charge is 0.220 e. The van der Waals surface area contributed by atoms with Crippen LogP contribution in [-0.2, 0) is 4.79 Å². The Morgan fingerprint density at radius 1 is 1.25 bits per heavy atom. The average Bonchev–Trinajstić information content (AvgIpc) is 3.40. The molecule has 0 aromatic heterocycles. The molecule has 1 unspecified atom stereocenters. The highest BCUT2D eigenvalue weighted by molar-refractivity contribution is 5.96. The van der Waals surface area contributed by atoms with Gasteiger partial charge in [-0.2, -0.15) is 0 Å². The number of nitrogens with two attached hydrogens (primary N) is 1. The van der Waals surface area contributed by atoms with Gasteiger partial charge in [-0.3, -0.25) is 9.59 Å². The summed E-state index contributed by atoms with van der Waals surface area (Å²) in [5.74, 6) is 1.25. The van der Waals surface area contributed by atoms with Crippen molar-refractivity contribution in [1.29, 1.82) is 0 Å². The summed E-state index contributed by atoms with van der Waals surface area (Å²) in [6.07, 6.45) is 3.52. The van der Waals surface area contributed by atoms with Gasteiger partial charge in [-0.15, -0.1) is 12.4 Å². The summed E-state index contributed by atoms with van der Waals surface area (Å²) in [6.45, 7) is 2.46. The Balaban J connectivity index is 0.00000288. The number of carbonyl (C=O) groups is 2. The lowest BCUT2D eigenvalue weighted by Crippen LogP contribution is -2.53. The molecular formula is C18H27ClN2O3. The third-order valence-electron chi connectivity index (χ3n) is 4.55. The zero-order valence-corrected chi connectivity index (χ0v) is 15.2. The maximum Gasteiger partial charge on any atom is 0.220 e. The first-order chi connectivity index (χ1) is 11.0. The maximum atomic E-state index is 12.1. The third kappa shape index (κ3) is 5.49. The second-order valence-electron chi connectivity index (χ2n) is 6.45. The van der Waals surface area contributed by atoms with Crippen molar-refractivity contribution in [3.63, 3.8) is 0 Å². The summed E-state index contributed by atoms with van der Waals surface area (Å²) in [5, 5.41) is 3.04. The van der Waals surface area contributed by atoms with Gasteiger partial charge in [0.05, 0.1) is 12.6 Å². The SMILES string of the molecule is COc1ccc(C(=O)CCCC(=O)NC(C)(CN)C2CC2)cc1.Cl. The molecule has 1 fully saturated rings. The quantitative estimate of drug-likeness (QED) is 0.668. The number of hydrogen-bond acceptors (Lipinski definition) is 4. The summed E-state index contributed by atoms with van der Waals surface area (Å²) in [4.78, 5) is 24.1. The lowest BCUT2D eigenvalue weighted by Gasteiger charge is -2.29. The predicted octanol–water partition coefficient (Wildman–Crippen LogP) is 2.71. The lowest BCUT2D eigenvalue weighted by atomic mass is 9.95. The summed E-state index contributed by atoms with van der Waals surface area (Å²) in [5.41, 5.74) is 6.15. The Morgan fingerprint density at radius 2 is 1.88 bits per heavy atom. The van der Waals surface area contributed by atoms with Crippen molar-refractivity contribution in [3.05, 3.63) is 29.8 Å². The van der Waals surface area contributed by atoms with Crippen LogP contribution in [0.3, 0.4) is 0 Å². The zero-order valence-electron chi connectivity index (χ0n) is 14.3. The number of nitrogens with one attached hydrogen (secondary N) is 1. The van der Waals surface area contributed by atoms with Gasteiger partial charge in [-0.25, -0.2) is 0 Å². The van der Waals surface area contributed by atoms with E-state index in [1.165, 1.54) is 0 Å². The van der Waals surface area contributed by atoms with Gasteiger partial charge in [0.1, 0.15) is 5.75 Å². The van der Waals surface area contributed by atoms with Gasteiger partial charge in [0.2, 0.25) is 5.91 Å². The van der Waals surface area contributed by atoms with Crippen LogP contribution in [0.15, 0.2) is 24.3 Å². The molecule has 0 spiro atoms. The zero-order chi connectivity index (χ0) is 16.9. The molecule has 2 rings (SSSR count). The minimum absolute atomic E-state index is 0. The van der Waals surface area contributed by atoms with Crippen LogP contribution in [0.5, 0.6) is 5.75 Å². The van der Waals surface area contributed by atoms with Crippen molar-refractivity contribution >= 4 is 24.1 Å². The number of amides is 1. The van der Waals surface area contributed by atoms with Crippen LogP contribution >= 0.6 is 12.4 Å². The molecule has 6 heteroatoms. The van der Waals surface area contributed by atoms with Gasteiger partial charge in [-0.1, -0.05) is 0 Å². The van der Waals surface area contributed by atoms with E-state index in [4.69, 9.17) is 10.5 Å². The first-order valence-electron chi connectivity index (χ1n) is 8.17. The first-order valence-corrected chi connectivity index (χ1v) is 8.17. The van der Waals surface area contributed by atoms with Gasteiger partial charge < -0.3 is 15.8 Å². The minimum atomic E-state index is -0.295. The first kappa shape index (κ1) is 20.5. The Morgan fingerprint density at radius 3 is 2.38 bits per heavy atom.